The lowest BCUT2D eigenvalue weighted by atomic mass is 10.1. The lowest BCUT2D eigenvalue weighted by molar-refractivity contribution is 0.100. The monoisotopic (exact) mass is 284 g/mol. The van der Waals surface area contributed by atoms with Crippen molar-refractivity contribution in [1.82, 2.24) is 0 Å². The molecule has 0 aliphatic rings. The zero-order valence-corrected chi connectivity index (χ0v) is 11.3. The van der Waals surface area contributed by atoms with Gasteiger partial charge in [0, 0.05) is 23.4 Å². The molecule has 0 aliphatic heterocycles. The van der Waals surface area contributed by atoms with Gasteiger partial charge in [0.15, 0.2) is 5.84 Å². The van der Waals surface area contributed by atoms with Crippen LogP contribution in [0.2, 0.25) is 0 Å². The van der Waals surface area contributed by atoms with Crippen LogP contribution in [0.1, 0.15) is 21.5 Å². The molecule has 6 heteroatoms. The molecule has 0 spiro atoms. The van der Waals surface area contributed by atoms with Crippen LogP contribution in [-0.4, -0.2) is 17.0 Å². The summed E-state index contributed by atoms with van der Waals surface area (Å²) in [5.74, 6) is -0.403. The fourth-order valence-corrected chi connectivity index (χ4v) is 1.88. The number of oxime groups is 1. The maximum atomic E-state index is 11.1. The quantitative estimate of drug-likeness (QED) is 0.288. The summed E-state index contributed by atoms with van der Waals surface area (Å²) in [6.45, 7) is 0.536. The van der Waals surface area contributed by atoms with Gasteiger partial charge in [0.1, 0.15) is 0 Å². The van der Waals surface area contributed by atoms with Crippen molar-refractivity contribution in [3.8, 4) is 0 Å². The fraction of sp³-hybridized carbons (Fsp3) is 0.0667. The number of nitrogens with one attached hydrogen (secondary N) is 1. The summed E-state index contributed by atoms with van der Waals surface area (Å²) in [4.78, 5) is 11.1. The number of nitrogens with zero attached hydrogens (tertiary/aromatic N) is 1. The molecular formula is C15H16N4O2. The van der Waals surface area contributed by atoms with Crippen LogP contribution >= 0.6 is 0 Å². The van der Waals surface area contributed by atoms with Gasteiger partial charge >= 0.3 is 0 Å². The van der Waals surface area contributed by atoms with E-state index in [2.05, 4.69) is 10.5 Å². The molecule has 0 radical (unpaired) electrons. The van der Waals surface area contributed by atoms with Crippen molar-refractivity contribution in [3.63, 3.8) is 0 Å². The van der Waals surface area contributed by atoms with E-state index in [4.69, 9.17) is 16.7 Å². The third-order valence-corrected chi connectivity index (χ3v) is 2.97. The van der Waals surface area contributed by atoms with Crippen LogP contribution in [0, 0.1) is 0 Å². The van der Waals surface area contributed by atoms with Crippen molar-refractivity contribution >= 4 is 17.4 Å². The fourth-order valence-electron chi connectivity index (χ4n) is 1.88. The lowest BCUT2D eigenvalue weighted by Gasteiger charge is -2.08. The normalized spacial score (nSPS) is 11.1. The SMILES string of the molecule is NC(=O)c1cccc(NCc2cccc(/C(N)=N/O)c2)c1. The number of nitrogens with two attached hydrogens (primary N) is 2. The van der Waals surface area contributed by atoms with Gasteiger partial charge in [-0.3, -0.25) is 4.79 Å². The smallest absolute Gasteiger partial charge is 0.248 e. The average molecular weight is 284 g/mol. The summed E-state index contributed by atoms with van der Waals surface area (Å²) in [7, 11) is 0. The molecule has 21 heavy (non-hydrogen) atoms. The third-order valence-electron chi connectivity index (χ3n) is 2.97. The minimum absolute atomic E-state index is 0.0626. The predicted molar refractivity (Wildman–Crippen MR) is 81.2 cm³/mol. The Morgan fingerprint density at radius 3 is 2.52 bits per heavy atom. The zero-order chi connectivity index (χ0) is 15.2. The summed E-state index contributed by atoms with van der Waals surface area (Å²) < 4.78 is 0. The first-order valence-corrected chi connectivity index (χ1v) is 6.30. The molecule has 0 saturated heterocycles. The molecule has 6 N–H and O–H groups in total. The molecule has 1 amide bonds. The number of amidine groups is 1. The minimum Gasteiger partial charge on any atom is -0.409 e. The number of hydrogen-bond acceptors (Lipinski definition) is 4. The van der Waals surface area contributed by atoms with Gasteiger partial charge in [-0.1, -0.05) is 29.4 Å². The standard InChI is InChI=1S/C15H16N4O2/c16-14(19-21)11-4-1-3-10(7-11)9-18-13-6-2-5-12(8-13)15(17)20/h1-8,18,21H,9H2,(H2,16,19)(H2,17,20). The summed E-state index contributed by atoms with van der Waals surface area (Å²) in [5, 5.41) is 14.8. The highest BCUT2D eigenvalue weighted by atomic mass is 16.4. The molecule has 0 aromatic heterocycles. The van der Waals surface area contributed by atoms with Crippen LogP contribution in [0.25, 0.3) is 0 Å². The maximum Gasteiger partial charge on any atom is 0.248 e. The number of benzene rings is 2. The first-order chi connectivity index (χ1) is 10.1. The molecule has 108 valence electrons. The number of carbonyl (C=O) groups is 1. The van der Waals surface area contributed by atoms with Gasteiger partial charge in [-0.05, 0) is 29.8 Å². The van der Waals surface area contributed by atoms with Gasteiger partial charge in [0.05, 0.1) is 0 Å². The number of hydrogen-bond donors (Lipinski definition) is 4. The highest BCUT2D eigenvalue weighted by Gasteiger charge is 2.03. The third kappa shape index (κ3) is 3.73. The van der Waals surface area contributed by atoms with Gasteiger partial charge in [0.2, 0.25) is 5.91 Å². The van der Waals surface area contributed by atoms with E-state index in [0.29, 0.717) is 17.7 Å². The summed E-state index contributed by atoms with van der Waals surface area (Å²) in [5.41, 5.74) is 13.6. The van der Waals surface area contributed by atoms with E-state index in [1.807, 2.05) is 24.3 Å². The summed E-state index contributed by atoms with van der Waals surface area (Å²) >= 11 is 0. The first kappa shape index (κ1) is 14.4. The number of primary amides is 1. The average Bonchev–Trinajstić information content (AvgIpc) is 2.52. The number of carbonyl (C=O) groups excluding carboxylic acids is 1. The molecule has 0 aliphatic carbocycles. The Bertz CT molecular complexity index is 683. The van der Waals surface area contributed by atoms with Gasteiger partial charge in [-0.2, -0.15) is 0 Å². The van der Waals surface area contributed by atoms with Crippen molar-refractivity contribution in [1.29, 1.82) is 0 Å². The molecule has 0 bridgehead atoms. The topological polar surface area (TPSA) is 114 Å². The van der Waals surface area contributed by atoms with E-state index >= 15 is 0 Å². The number of anilines is 1. The van der Waals surface area contributed by atoms with E-state index in [1.54, 1.807) is 24.3 Å². The molecule has 2 aromatic carbocycles. The Hall–Kier alpha value is -3.02. The van der Waals surface area contributed by atoms with E-state index in [-0.39, 0.29) is 5.84 Å². The van der Waals surface area contributed by atoms with Crippen LogP contribution in [0.5, 0.6) is 0 Å². The van der Waals surface area contributed by atoms with E-state index in [0.717, 1.165) is 11.3 Å². The van der Waals surface area contributed by atoms with Gasteiger partial charge < -0.3 is 22.0 Å². The van der Waals surface area contributed by atoms with E-state index in [1.165, 1.54) is 0 Å². The van der Waals surface area contributed by atoms with Crippen LogP contribution in [0.4, 0.5) is 5.69 Å². The summed E-state index contributed by atoms with van der Waals surface area (Å²) in [6.07, 6.45) is 0. The van der Waals surface area contributed by atoms with E-state index in [9.17, 15) is 4.79 Å². The molecule has 0 fully saturated rings. The Kier molecular flexibility index (Phi) is 4.40. The second-order valence-corrected chi connectivity index (χ2v) is 4.48. The Labute approximate surface area is 122 Å². The van der Waals surface area contributed by atoms with Crippen LogP contribution in [-0.2, 0) is 6.54 Å². The Balaban J connectivity index is 2.10. The van der Waals surface area contributed by atoms with Gasteiger partial charge in [0.25, 0.3) is 0 Å². The van der Waals surface area contributed by atoms with Crippen molar-refractivity contribution < 1.29 is 10.0 Å². The summed E-state index contributed by atoms with van der Waals surface area (Å²) in [6, 6.07) is 14.3. The van der Waals surface area contributed by atoms with Crippen LogP contribution < -0.4 is 16.8 Å². The van der Waals surface area contributed by atoms with Crippen molar-refractivity contribution in [2.75, 3.05) is 5.32 Å². The van der Waals surface area contributed by atoms with Gasteiger partial charge in [-0.25, -0.2) is 0 Å². The van der Waals surface area contributed by atoms with E-state index < -0.39 is 5.91 Å². The zero-order valence-electron chi connectivity index (χ0n) is 11.3. The molecule has 0 heterocycles. The minimum atomic E-state index is -0.465. The largest absolute Gasteiger partial charge is 0.409 e. The number of amides is 1. The first-order valence-electron chi connectivity index (χ1n) is 6.30. The van der Waals surface area contributed by atoms with Crippen molar-refractivity contribution in [3.05, 3.63) is 65.2 Å². The molecule has 0 unspecified atom stereocenters. The predicted octanol–water partition coefficient (Wildman–Crippen LogP) is 1.49. The molecule has 6 nitrogen and oxygen atoms in total. The molecule has 0 saturated carbocycles. The number of rotatable bonds is 5. The Morgan fingerprint density at radius 1 is 1.10 bits per heavy atom. The second kappa shape index (κ2) is 6.42. The van der Waals surface area contributed by atoms with Crippen molar-refractivity contribution in [2.45, 2.75) is 6.54 Å². The lowest BCUT2D eigenvalue weighted by Crippen LogP contribution is -2.13. The molecular weight excluding hydrogens is 268 g/mol. The van der Waals surface area contributed by atoms with Gasteiger partial charge in [-0.15, -0.1) is 0 Å². The maximum absolute atomic E-state index is 11.1. The molecule has 2 rings (SSSR count). The van der Waals surface area contributed by atoms with Crippen LogP contribution in [0.15, 0.2) is 53.7 Å². The van der Waals surface area contributed by atoms with Crippen molar-refractivity contribution in [2.24, 2.45) is 16.6 Å². The second-order valence-electron chi connectivity index (χ2n) is 4.48. The highest BCUT2D eigenvalue weighted by Crippen LogP contribution is 2.13. The molecule has 2 aromatic rings. The highest BCUT2D eigenvalue weighted by molar-refractivity contribution is 5.97. The van der Waals surface area contributed by atoms with Crippen LogP contribution in [0.3, 0.4) is 0 Å². The molecule has 0 atom stereocenters. The Morgan fingerprint density at radius 2 is 1.81 bits per heavy atom.